The molecule has 1 saturated carbocycles. The molecule has 1 aromatic rings. The van der Waals surface area contributed by atoms with E-state index in [1.54, 1.807) is 0 Å². The molecule has 2 rings (SSSR count). The first-order chi connectivity index (χ1) is 10.9. The normalized spacial score (nSPS) is 16.8. The Hall–Kier alpha value is -1.70. The summed E-state index contributed by atoms with van der Waals surface area (Å²) >= 11 is 0. The van der Waals surface area contributed by atoms with Gasteiger partial charge in [0.15, 0.2) is 0 Å². The summed E-state index contributed by atoms with van der Waals surface area (Å²) in [4.78, 5) is 11.5. The zero-order valence-corrected chi connectivity index (χ0v) is 13.4. The van der Waals surface area contributed by atoms with Crippen LogP contribution in [-0.4, -0.2) is 26.2 Å². The highest BCUT2D eigenvalue weighted by atomic mass is 32.2. The van der Waals surface area contributed by atoms with Gasteiger partial charge in [-0.15, -0.1) is 0 Å². The molecule has 0 spiro atoms. The van der Waals surface area contributed by atoms with Crippen LogP contribution in [0.1, 0.15) is 38.5 Å². The lowest BCUT2D eigenvalue weighted by Gasteiger charge is -2.17. The summed E-state index contributed by atoms with van der Waals surface area (Å²) in [5.74, 6) is -3.49. The Bertz CT molecular complexity index is 642. The molecule has 0 aliphatic heterocycles. The molecular weight excluding hydrogens is 326 g/mol. The highest BCUT2D eigenvalue weighted by Crippen LogP contribution is 2.22. The van der Waals surface area contributed by atoms with Gasteiger partial charge >= 0.3 is 11.8 Å². The molecule has 0 atom stereocenters. The minimum atomic E-state index is -4.67. The van der Waals surface area contributed by atoms with E-state index in [9.17, 15) is 22.0 Å². The number of amides is 2. The lowest BCUT2D eigenvalue weighted by Crippen LogP contribution is -2.37. The predicted molar refractivity (Wildman–Crippen MR) is 83.3 cm³/mol. The van der Waals surface area contributed by atoms with E-state index in [1.807, 2.05) is 0 Å². The number of nitrogens with one attached hydrogen (secondary N) is 2. The maximum Gasteiger partial charge on any atom is 0.341 e. The number of sulfone groups is 1. The van der Waals surface area contributed by atoms with E-state index >= 15 is 0 Å². The second-order valence-corrected chi connectivity index (χ2v) is 7.54. The highest BCUT2D eigenvalue weighted by Gasteiger charge is 2.26. The molecule has 0 unspecified atom stereocenters. The van der Waals surface area contributed by atoms with E-state index in [0.29, 0.717) is 0 Å². The third-order valence-electron chi connectivity index (χ3n) is 3.85. The SMILES string of the molecule is O=C(Nc1cccc(S(=O)(=O)C(F)F)c1)NC1CCCCCC1. The largest absolute Gasteiger partial charge is 0.341 e. The monoisotopic (exact) mass is 346 g/mol. The Morgan fingerprint density at radius 2 is 1.78 bits per heavy atom. The molecule has 0 heterocycles. The molecule has 5 nitrogen and oxygen atoms in total. The first kappa shape index (κ1) is 17.7. The Labute approximate surface area is 134 Å². The summed E-state index contributed by atoms with van der Waals surface area (Å²) in [6, 6.07) is 4.52. The van der Waals surface area contributed by atoms with Crippen molar-refractivity contribution in [3.05, 3.63) is 24.3 Å². The molecule has 0 radical (unpaired) electrons. The first-order valence-corrected chi connectivity index (χ1v) is 9.14. The van der Waals surface area contributed by atoms with Crippen molar-refractivity contribution in [2.75, 3.05) is 5.32 Å². The fourth-order valence-corrected chi connectivity index (χ4v) is 3.40. The fraction of sp³-hybridized carbons (Fsp3) is 0.533. The smallest absolute Gasteiger partial charge is 0.335 e. The van der Waals surface area contributed by atoms with Crippen molar-refractivity contribution in [3.63, 3.8) is 0 Å². The third-order valence-corrected chi connectivity index (χ3v) is 5.23. The van der Waals surface area contributed by atoms with Crippen molar-refractivity contribution in [3.8, 4) is 0 Å². The Kier molecular flexibility index (Phi) is 5.92. The van der Waals surface area contributed by atoms with Crippen LogP contribution in [0, 0.1) is 0 Å². The number of urea groups is 1. The van der Waals surface area contributed by atoms with Crippen LogP contribution in [0.15, 0.2) is 29.2 Å². The summed E-state index contributed by atoms with van der Waals surface area (Å²) in [7, 11) is -4.67. The summed E-state index contributed by atoms with van der Waals surface area (Å²) in [5.41, 5.74) is 0.165. The number of hydrogen-bond donors (Lipinski definition) is 2. The van der Waals surface area contributed by atoms with Crippen LogP contribution in [-0.2, 0) is 9.84 Å². The zero-order valence-electron chi connectivity index (χ0n) is 12.6. The Balaban J connectivity index is 2.01. The number of anilines is 1. The topological polar surface area (TPSA) is 75.3 Å². The van der Waals surface area contributed by atoms with Crippen molar-refractivity contribution < 1.29 is 22.0 Å². The lowest BCUT2D eigenvalue weighted by atomic mass is 10.1. The minimum absolute atomic E-state index is 0.0884. The number of benzene rings is 1. The number of halogens is 2. The summed E-state index contributed by atoms with van der Waals surface area (Å²) in [6.45, 7) is 0. The van der Waals surface area contributed by atoms with Gasteiger partial charge in [0.2, 0.25) is 9.84 Å². The molecule has 1 fully saturated rings. The molecule has 23 heavy (non-hydrogen) atoms. The van der Waals surface area contributed by atoms with Gasteiger partial charge in [-0.25, -0.2) is 13.2 Å². The number of hydrogen-bond acceptors (Lipinski definition) is 3. The van der Waals surface area contributed by atoms with Crippen LogP contribution in [0.3, 0.4) is 0 Å². The molecule has 1 aliphatic carbocycles. The van der Waals surface area contributed by atoms with Gasteiger partial charge in [0.25, 0.3) is 0 Å². The quantitative estimate of drug-likeness (QED) is 0.819. The Morgan fingerprint density at radius 1 is 1.13 bits per heavy atom. The first-order valence-electron chi connectivity index (χ1n) is 7.59. The fourth-order valence-electron chi connectivity index (χ4n) is 2.63. The van der Waals surface area contributed by atoms with Crippen LogP contribution in [0.25, 0.3) is 0 Å². The van der Waals surface area contributed by atoms with E-state index in [0.717, 1.165) is 50.7 Å². The van der Waals surface area contributed by atoms with E-state index in [1.165, 1.54) is 12.1 Å². The van der Waals surface area contributed by atoms with Crippen molar-refractivity contribution in [2.24, 2.45) is 0 Å². The second-order valence-electron chi connectivity index (χ2n) is 5.62. The van der Waals surface area contributed by atoms with Crippen LogP contribution in [0.5, 0.6) is 0 Å². The van der Waals surface area contributed by atoms with E-state index < -0.39 is 26.5 Å². The molecule has 2 N–H and O–H groups in total. The number of alkyl halides is 2. The highest BCUT2D eigenvalue weighted by molar-refractivity contribution is 7.91. The van der Waals surface area contributed by atoms with Crippen LogP contribution >= 0.6 is 0 Å². The molecule has 0 saturated heterocycles. The van der Waals surface area contributed by atoms with Crippen LogP contribution in [0.2, 0.25) is 0 Å². The number of rotatable bonds is 4. The standard InChI is InChI=1S/C15H20F2N2O3S/c16-14(17)23(21,22)13-9-5-8-12(10-13)19-15(20)18-11-6-3-1-2-4-7-11/h5,8-11,14H,1-4,6-7H2,(H2,18,19,20). The second kappa shape index (κ2) is 7.72. The summed E-state index contributed by atoms with van der Waals surface area (Å²) in [6.07, 6.45) is 6.27. The molecule has 1 aromatic carbocycles. The molecule has 0 bridgehead atoms. The maximum absolute atomic E-state index is 12.6. The van der Waals surface area contributed by atoms with Gasteiger partial charge in [-0.2, -0.15) is 8.78 Å². The summed E-state index contributed by atoms with van der Waals surface area (Å²) < 4.78 is 48.0. The van der Waals surface area contributed by atoms with Crippen molar-refractivity contribution in [2.45, 2.75) is 55.2 Å². The van der Waals surface area contributed by atoms with Gasteiger partial charge < -0.3 is 10.6 Å². The molecule has 8 heteroatoms. The minimum Gasteiger partial charge on any atom is -0.335 e. The molecule has 128 valence electrons. The van der Waals surface area contributed by atoms with E-state index in [-0.39, 0.29) is 11.7 Å². The van der Waals surface area contributed by atoms with E-state index in [2.05, 4.69) is 10.6 Å². The molecule has 0 aromatic heterocycles. The van der Waals surface area contributed by atoms with Gasteiger partial charge in [-0.3, -0.25) is 0 Å². The maximum atomic E-state index is 12.6. The van der Waals surface area contributed by atoms with Gasteiger partial charge in [0.05, 0.1) is 4.90 Å². The third kappa shape index (κ3) is 4.89. The number of carbonyl (C=O) groups excluding carboxylic acids is 1. The average molecular weight is 346 g/mol. The Morgan fingerprint density at radius 3 is 2.39 bits per heavy atom. The van der Waals surface area contributed by atoms with Gasteiger partial charge in [0.1, 0.15) is 0 Å². The van der Waals surface area contributed by atoms with Gasteiger partial charge in [-0.05, 0) is 31.0 Å². The van der Waals surface area contributed by atoms with Crippen LogP contribution < -0.4 is 10.6 Å². The zero-order chi connectivity index (χ0) is 16.9. The predicted octanol–water partition coefficient (Wildman–Crippen LogP) is 3.53. The van der Waals surface area contributed by atoms with Gasteiger partial charge in [0, 0.05) is 11.7 Å². The van der Waals surface area contributed by atoms with Crippen molar-refractivity contribution in [1.29, 1.82) is 0 Å². The number of carbonyl (C=O) groups is 1. The van der Waals surface area contributed by atoms with E-state index in [4.69, 9.17) is 0 Å². The molecule has 2 amide bonds. The summed E-state index contributed by atoms with van der Waals surface area (Å²) in [5, 5.41) is 5.34. The van der Waals surface area contributed by atoms with Crippen molar-refractivity contribution >= 4 is 21.6 Å². The van der Waals surface area contributed by atoms with Crippen LogP contribution in [0.4, 0.5) is 19.3 Å². The molecular formula is C15H20F2N2O3S. The molecule has 1 aliphatic rings. The van der Waals surface area contributed by atoms with Crippen molar-refractivity contribution in [1.82, 2.24) is 5.32 Å². The lowest BCUT2D eigenvalue weighted by molar-refractivity contribution is 0.235. The van der Waals surface area contributed by atoms with Gasteiger partial charge in [-0.1, -0.05) is 31.7 Å². The average Bonchev–Trinajstić information content (AvgIpc) is 2.75.